The maximum absolute atomic E-state index is 5.97. The Balaban J connectivity index is 2.06. The van der Waals surface area contributed by atoms with E-state index >= 15 is 0 Å². The third kappa shape index (κ3) is 3.12. The molecule has 102 valence electrons. The molecule has 0 bridgehead atoms. The first-order valence-corrected chi connectivity index (χ1v) is 6.16. The highest BCUT2D eigenvalue weighted by atomic mass is 16.5. The molecule has 2 rings (SSSR count). The van der Waals surface area contributed by atoms with Crippen molar-refractivity contribution in [2.24, 2.45) is 7.05 Å². The zero-order chi connectivity index (χ0) is 13.7. The number of aryl methyl sites for hydroxylation is 1. The van der Waals surface area contributed by atoms with Crippen LogP contribution < -0.4 is 15.8 Å². The van der Waals surface area contributed by atoms with E-state index in [4.69, 9.17) is 10.5 Å². The van der Waals surface area contributed by atoms with E-state index in [1.54, 1.807) is 10.9 Å². The number of hydrogen-bond donors (Lipinski definition) is 2. The van der Waals surface area contributed by atoms with Gasteiger partial charge in [-0.15, -0.1) is 0 Å². The fraction of sp³-hybridized carbons (Fsp3) is 0.417. The van der Waals surface area contributed by atoms with E-state index in [9.17, 15) is 0 Å². The Morgan fingerprint density at radius 2 is 2.26 bits per heavy atom. The highest BCUT2D eigenvalue weighted by Gasteiger charge is 2.09. The van der Waals surface area contributed by atoms with Gasteiger partial charge in [-0.05, 0) is 12.5 Å². The maximum atomic E-state index is 5.97. The Morgan fingerprint density at radius 1 is 1.42 bits per heavy atom. The van der Waals surface area contributed by atoms with Crippen LogP contribution in [0.25, 0.3) is 0 Å². The lowest BCUT2D eigenvalue weighted by Gasteiger charge is -2.11. The van der Waals surface area contributed by atoms with E-state index < -0.39 is 0 Å². The minimum absolute atomic E-state index is 0.421. The van der Waals surface area contributed by atoms with Crippen molar-refractivity contribution in [1.82, 2.24) is 19.7 Å². The van der Waals surface area contributed by atoms with E-state index in [1.807, 2.05) is 20.0 Å². The number of nitrogens with two attached hydrogens (primary N) is 1. The average Bonchev–Trinajstić information content (AvgIpc) is 2.82. The first-order valence-electron chi connectivity index (χ1n) is 6.16. The van der Waals surface area contributed by atoms with Crippen LogP contribution >= 0.6 is 0 Å². The summed E-state index contributed by atoms with van der Waals surface area (Å²) < 4.78 is 7.24. The van der Waals surface area contributed by atoms with Crippen LogP contribution in [-0.4, -0.2) is 26.4 Å². The van der Waals surface area contributed by atoms with Gasteiger partial charge in [0.15, 0.2) is 5.82 Å². The first-order chi connectivity index (χ1) is 9.22. The zero-order valence-electron chi connectivity index (χ0n) is 11.1. The van der Waals surface area contributed by atoms with Crippen molar-refractivity contribution in [3.05, 3.63) is 24.3 Å². The number of nitrogen functional groups attached to an aromatic ring is 1. The molecule has 2 aromatic rings. The highest BCUT2D eigenvalue weighted by Crippen LogP contribution is 2.24. The van der Waals surface area contributed by atoms with Crippen LogP contribution in [0.1, 0.15) is 19.0 Å². The topological polar surface area (TPSA) is 90.9 Å². The molecular weight excluding hydrogens is 244 g/mol. The molecule has 0 saturated heterocycles. The number of aromatic nitrogens is 4. The molecule has 0 unspecified atom stereocenters. The minimum Gasteiger partial charge on any atom is -0.476 e. The largest absolute Gasteiger partial charge is 0.476 e. The van der Waals surface area contributed by atoms with Gasteiger partial charge in [0.25, 0.3) is 0 Å². The van der Waals surface area contributed by atoms with Crippen LogP contribution in [-0.2, 0) is 13.6 Å². The fourth-order valence-electron chi connectivity index (χ4n) is 1.58. The van der Waals surface area contributed by atoms with Crippen molar-refractivity contribution in [1.29, 1.82) is 0 Å². The molecule has 7 heteroatoms. The third-order valence-electron chi connectivity index (χ3n) is 2.65. The van der Waals surface area contributed by atoms with Crippen LogP contribution in [0, 0.1) is 0 Å². The number of nitrogens with zero attached hydrogens (tertiary/aromatic N) is 4. The molecule has 0 saturated carbocycles. The predicted molar refractivity (Wildman–Crippen MR) is 72.8 cm³/mol. The third-order valence-corrected chi connectivity index (χ3v) is 2.65. The van der Waals surface area contributed by atoms with Gasteiger partial charge >= 0.3 is 0 Å². The van der Waals surface area contributed by atoms with Gasteiger partial charge in [-0.3, -0.25) is 4.68 Å². The summed E-state index contributed by atoms with van der Waals surface area (Å²) in [6.07, 6.45) is 4.09. The van der Waals surface area contributed by atoms with Crippen LogP contribution in [0.2, 0.25) is 0 Å². The molecule has 0 amide bonds. The van der Waals surface area contributed by atoms with Crippen LogP contribution in [0.3, 0.4) is 0 Å². The number of nitrogens with one attached hydrogen (secondary N) is 1. The molecule has 0 radical (unpaired) electrons. The van der Waals surface area contributed by atoms with Gasteiger partial charge in [0.2, 0.25) is 5.88 Å². The van der Waals surface area contributed by atoms with Gasteiger partial charge in [0, 0.05) is 13.2 Å². The average molecular weight is 262 g/mol. The Labute approximate surface area is 111 Å². The lowest BCUT2D eigenvalue weighted by molar-refractivity contribution is 0.306. The number of hydrogen-bond acceptors (Lipinski definition) is 6. The molecule has 0 spiro atoms. The van der Waals surface area contributed by atoms with Gasteiger partial charge in [0.1, 0.15) is 12.0 Å². The molecule has 7 nitrogen and oxygen atoms in total. The lowest BCUT2D eigenvalue weighted by atomic mass is 10.4. The zero-order valence-corrected chi connectivity index (χ0v) is 11.1. The smallest absolute Gasteiger partial charge is 0.242 e. The van der Waals surface area contributed by atoms with Gasteiger partial charge in [0.05, 0.1) is 18.8 Å². The van der Waals surface area contributed by atoms with E-state index in [0.717, 1.165) is 12.1 Å². The predicted octanol–water partition coefficient (Wildman–Crippen LogP) is 1.19. The summed E-state index contributed by atoms with van der Waals surface area (Å²) >= 11 is 0. The highest BCUT2D eigenvalue weighted by molar-refractivity contribution is 5.66. The molecule has 0 atom stereocenters. The van der Waals surface area contributed by atoms with Gasteiger partial charge in [-0.2, -0.15) is 10.1 Å². The summed E-state index contributed by atoms with van der Waals surface area (Å²) in [5.41, 5.74) is 7.43. The molecule has 2 aromatic heterocycles. The van der Waals surface area contributed by atoms with Crippen molar-refractivity contribution in [3.63, 3.8) is 0 Å². The SMILES string of the molecule is CCCOc1ncnc(NCc2ccnn2C)c1N. The summed E-state index contributed by atoms with van der Waals surface area (Å²) in [4.78, 5) is 8.14. The molecule has 0 aliphatic heterocycles. The summed E-state index contributed by atoms with van der Waals surface area (Å²) in [5, 5.41) is 7.25. The van der Waals surface area contributed by atoms with Gasteiger partial charge in [-0.1, -0.05) is 6.92 Å². The Hall–Kier alpha value is -2.31. The summed E-state index contributed by atoms with van der Waals surface area (Å²) in [7, 11) is 1.89. The Bertz CT molecular complexity index is 539. The van der Waals surface area contributed by atoms with E-state index in [1.165, 1.54) is 6.33 Å². The van der Waals surface area contributed by atoms with E-state index in [-0.39, 0.29) is 0 Å². The molecule has 0 aromatic carbocycles. The van der Waals surface area contributed by atoms with Crippen molar-refractivity contribution in [2.45, 2.75) is 19.9 Å². The lowest BCUT2D eigenvalue weighted by Crippen LogP contribution is -2.10. The van der Waals surface area contributed by atoms with Crippen molar-refractivity contribution in [3.8, 4) is 5.88 Å². The molecule has 0 aliphatic carbocycles. The number of ether oxygens (including phenoxy) is 1. The second-order valence-corrected chi connectivity index (χ2v) is 4.09. The van der Waals surface area contributed by atoms with Crippen molar-refractivity contribution < 1.29 is 4.74 Å². The summed E-state index contributed by atoms with van der Waals surface area (Å²) in [6.45, 7) is 3.20. The van der Waals surface area contributed by atoms with Gasteiger partial charge in [-0.25, -0.2) is 4.98 Å². The first kappa shape index (κ1) is 13.1. The fourth-order valence-corrected chi connectivity index (χ4v) is 1.58. The van der Waals surface area contributed by atoms with E-state index in [2.05, 4.69) is 20.4 Å². The molecule has 0 aliphatic rings. The quantitative estimate of drug-likeness (QED) is 0.812. The van der Waals surface area contributed by atoms with Crippen LogP contribution in [0.15, 0.2) is 18.6 Å². The monoisotopic (exact) mass is 262 g/mol. The molecule has 3 N–H and O–H groups in total. The van der Waals surface area contributed by atoms with Crippen molar-refractivity contribution >= 4 is 11.5 Å². The van der Waals surface area contributed by atoms with Gasteiger partial charge < -0.3 is 15.8 Å². The molecule has 19 heavy (non-hydrogen) atoms. The van der Waals surface area contributed by atoms with Crippen LogP contribution in [0.5, 0.6) is 5.88 Å². The van der Waals surface area contributed by atoms with Crippen LogP contribution in [0.4, 0.5) is 11.5 Å². The molecule has 2 heterocycles. The molecule has 0 fully saturated rings. The standard InChI is InChI=1S/C12H18N6O/c1-3-6-19-12-10(13)11(15-8-16-12)14-7-9-4-5-17-18(9)2/h4-5,8H,3,6-7,13H2,1-2H3,(H,14,15,16). The summed E-state index contributed by atoms with van der Waals surface area (Å²) in [6, 6.07) is 1.93. The normalized spacial score (nSPS) is 10.4. The second-order valence-electron chi connectivity index (χ2n) is 4.09. The second kappa shape index (κ2) is 6.03. The minimum atomic E-state index is 0.421. The Morgan fingerprint density at radius 3 is 2.95 bits per heavy atom. The number of anilines is 2. The maximum Gasteiger partial charge on any atom is 0.242 e. The molecular formula is C12H18N6O. The Kier molecular flexibility index (Phi) is 4.17. The van der Waals surface area contributed by atoms with E-state index in [0.29, 0.717) is 30.5 Å². The number of rotatable bonds is 6. The van der Waals surface area contributed by atoms with Crippen molar-refractivity contribution in [2.75, 3.05) is 17.7 Å². The summed E-state index contributed by atoms with van der Waals surface area (Å²) in [5.74, 6) is 0.992.